The molecule has 208 valence electrons. The third-order valence-electron chi connectivity index (χ3n) is 5.57. The summed E-state index contributed by atoms with van der Waals surface area (Å²) >= 11 is 0. The third kappa shape index (κ3) is 7.82. The van der Waals surface area contributed by atoms with Crippen LogP contribution in [0.15, 0.2) is 84.3 Å². The Balaban J connectivity index is 1.60. The minimum atomic E-state index is -4.24. The molecule has 0 bridgehead atoms. The number of ether oxygens (including phenoxy) is 2. The minimum absolute atomic E-state index is 0.0914. The number of benzene rings is 1. The van der Waals surface area contributed by atoms with Crippen molar-refractivity contribution in [1.29, 1.82) is 0 Å². The number of aromatic nitrogens is 3. The third-order valence-corrected chi connectivity index (χ3v) is 6.81. The molecule has 0 spiro atoms. The summed E-state index contributed by atoms with van der Waals surface area (Å²) in [7, 11) is -4.24. The molecular formula is C29H29FN4O5S. The summed E-state index contributed by atoms with van der Waals surface area (Å²) in [5.41, 5.74) is 1.64. The van der Waals surface area contributed by atoms with E-state index in [1.807, 2.05) is 30.7 Å². The Kier molecular flexibility index (Phi) is 9.39. The molecule has 0 aliphatic carbocycles. The van der Waals surface area contributed by atoms with Crippen LogP contribution >= 0.6 is 0 Å². The van der Waals surface area contributed by atoms with Crippen LogP contribution in [-0.4, -0.2) is 42.5 Å². The molecule has 0 saturated carbocycles. The Morgan fingerprint density at radius 1 is 1.02 bits per heavy atom. The molecule has 3 aromatic heterocycles. The van der Waals surface area contributed by atoms with E-state index in [2.05, 4.69) is 15.0 Å². The van der Waals surface area contributed by atoms with Crippen molar-refractivity contribution in [3.05, 3.63) is 96.2 Å². The Labute approximate surface area is 232 Å². The lowest BCUT2D eigenvalue weighted by molar-refractivity contribution is 0.0976. The zero-order valence-corrected chi connectivity index (χ0v) is 22.9. The van der Waals surface area contributed by atoms with Crippen molar-refractivity contribution in [2.75, 3.05) is 13.2 Å². The van der Waals surface area contributed by atoms with E-state index < -0.39 is 21.7 Å². The van der Waals surface area contributed by atoms with Crippen molar-refractivity contribution in [2.24, 2.45) is 5.92 Å². The summed E-state index contributed by atoms with van der Waals surface area (Å²) in [5, 5.41) is -0.305. The Bertz CT molecular complexity index is 1550. The number of pyridine rings is 3. The average Bonchev–Trinajstić information content (AvgIpc) is 2.94. The summed E-state index contributed by atoms with van der Waals surface area (Å²) in [4.78, 5) is 25.4. The molecule has 0 unspecified atom stereocenters. The number of amides is 1. The zero-order chi connectivity index (χ0) is 28.5. The first-order valence-electron chi connectivity index (χ1n) is 12.7. The predicted octanol–water partition coefficient (Wildman–Crippen LogP) is 4.84. The number of nitrogens with one attached hydrogen (secondary N) is 1. The normalized spacial score (nSPS) is 11.3. The number of aryl methyl sites for hydroxylation is 1. The van der Waals surface area contributed by atoms with Gasteiger partial charge in [0, 0.05) is 30.2 Å². The van der Waals surface area contributed by atoms with E-state index in [-0.39, 0.29) is 29.0 Å². The van der Waals surface area contributed by atoms with Gasteiger partial charge in [-0.3, -0.25) is 9.78 Å². The van der Waals surface area contributed by atoms with Crippen LogP contribution < -0.4 is 14.2 Å². The first kappa shape index (κ1) is 28.6. The lowest BCUT2D eigenvalue weighted by Gasteiger charge is -2.14. The topological polar surface area (TPSA) is 120 Å². The van der Waals surface area contributed by atoms with Crippen molar-refractivity contribution in [3.63, 3.8) is 0 Å². The first-order chi connectivity index (χ1) is 19.2. The summed E-state index contributed by atoms with van der Waals surface area (Å²) < 4.78 is 53.4. The molecule has 1 aromatic carbocycles. The fourth-order valence-corrected chi connectivity index (χ4v) is 4.58. The molecule has 1 N–H and O–H groups in total. The van der Waals surface area contributed by atoms with Crippen LogP contribution in [0.5, 0.6) is 11.6 Å². The van der Waals surface area contributed by atoms with E-state index in [0.717, 1.165) is 5.56 Å². The predicted molar refractivity (Wildman–Crippen MR) is 147 cm³/mol. The van der Waals surface area contributed by atoms with Gasteiger partial charge in [-0.1, -0.05) is 26.0 Å². The van der Waals surface area contributed by atoms with Crippen LogP contribution in [0.2, 0.25) is 0 Å². The summed E-state index contributed by atoms with van der Waals surface area (Å²) in [6.07, 6.45) is 6.00. The van der Waals surface area contributed by atoms with Crippen LogP contribution in [0.1, 0.15) is 36.2 Å². The number of carbonyl (C=O) groups is 1. The number of rotatable bonds is 12. The van der Waals surface area contributed by atoms with Crippen molar-refractivity contribution in [1.82, 2.24) is 19.7 Å². The van der Waals surface area contributed by atoms with E-state index in [4.69, 9.17) is 9.47 Å². The molecule has 0 aliphatic heterocycles. The van der Waals surface area contributed by atoms with Gasteiger partial charge in [-0.05, 0) is 66.8 Å². The molecule has 0 atom stereocenters. The molecule has 0 fully saturated rings. The maximum absolute atomic E-state index is 14.4. The van der Waals surface area contributed by atoms with Crippen LogP contribution in [0.25, 0.3) is 11.3 Å². The number of halogens is 1. The van der Waals surface area contributed by atoms with E-state index >= 15 is 0 Å². The zero-order valence-electron chi connectivity index (χ0n) is 22.1. The van der Waals surface area contributed by atoms with Gasteiger partial charge in [-0.15, -0.1) is 0 Å². The van der Waals surface area contributed by atoms with Gasteiger partial charge in [0.2, 0.25) is 5.88 Å². The number of hydrogen-bond acceptors (Lipinski definition) is 8. The second kappa shape index (κ2) is 13.1. The van der Waals surface area contributed by atoms with Crippen molar-refractivity contribution in [3.8, 4) is 22.9 Å². The SMILES string of the molecule is CC(C)COc1cc(F)cc(-c2ccc(C(=O)NS(=O)(=O)c3ccccn3)c(OCCCc3cccnc3)n2)c1. The van der Waals surface area contributed by atoms with Gasteiger partial charge in [0.25, 0.3) is 15.9 Å². The van der Waals surface area contributed by atoms with Gasteiger partial charge >= 0.3 is 0 Å². The van der Waals surface area contributed by atoms with Gasteiger partial charge in [-0.2, -0.15) is 8.42 Å². The van der Waals surface area contributed by atoms with Gasteiger partial charge in [-0.25, -0.2) is 19.1 Å². The molecule has 11 heteroatoms. The molecular weight excluding hydrogens is 535 g/mol. The first-order valence-corrected chi connectivity index (χ1v) is 14.1. The van der Waals surface area contributed by atoms with Gasteiger partial charge in [0.1, 0.15) is 17.1 Å². The largest absolute Gasteiger partial charge is 0.493 e. The lowest BCUT2D eigenvalue weighted by atomic mass is 10.1. The van der Waals surface area contributed by atoms with Gasteiger partial charge in [0.05, 0.1) is 18.9 Å². The van der Waals surface area contributed by atoms with E-state index in [9.17, 15) is 17.6 Å². The number of sulfonamides is 1. The van der Waals surface area contributed by atoms with E-state index in [0.29, 0.717) is 36.5 Å². The smallest absolute Gasteiger partial charge is 0.281 e. The maximum atomic E-state index is 14.4. The van der Waals surface area contributed by atoms with Crippen LogP contribution in [-0.2, 0) is 16.4 Å². The quantitative estimate of drug-likeness (QED) is 0.243. The lowest BCUT2D eigenvalue weighted by Crippen LogP contribution is -2.31. The second-order valence-electron chi connectivity index (χ2n) is 9.35. The molecule has 40 heavy (non-hydrogen) atoms. The maximum Gasteiger partial charge on any atom is 0.281 e. The van der Waals surface area contributed by atoms with Crippen LogP contribution in [0, 0.1) is 11.7 Å². The Morgan fingerprint density at radius 2 is 1.88 bits per heavy atom. The summed E-state index contributed by atoms with van der Waals surface area (Å²) in [5.74, 6) is -0.955. The van der Waals surface area contributed by atoms with Crippen LogP contribution in [0.4, 0.5) is 4.39 Å². The summed E-state index contributed by atoms with van der Waals surface area (Å²) in [6, 6.07) is 15.2. The van der Waals surface area contributed by atoms with Crippen molar-refractivity contribution in [2.45, 2.75) is 31.7 Å². The highest BCUT2D eigenvalue weighted by molar-refractivity contribution is 7.90. The molecule has 9 nitrogen and oxygen atoms in total. The highest BCUT2D eigenvalue weighted by Crippen LogP contribution is 2.28. The molecule has 4 rings (SSSR count). The molecule has 0 radical (unpaired) electrons. The van der Waals surface area contributed by atoms with Gasteiger partial charge in [0.15, 0.2) is 5.03 Å². The summed E-state index contributed by atoms with van der Waals surface area (Å²) in [6.45, 7) is 4.56. The number of carbonyl (C=O) groups excluding carboxylic acids is 1. The molecule has 4 aromatic rings. The standard InChI is InChI=1S/C29H29FN4O5S/c1-20(2)19-39-24-16-22(15-23(30)17-24)26-11-10-25(28(35)34-40(36,37)27-9-3-4-13-32-27)29(33-26)38-14-6-8-21-7-5-12-31-18-21/h3-5,7,9-13,15-18,20H,6,8,14,19H2,1-2H3,(H,34,35). The van der Waals surface area contributed by atoms with Crippen LogP contribution in [0.3, 0.4) is 0 Å². The van der Waals surface area contributed by atoms with E-state index in [1.165, 1.54) is 42.6 Å². The van der Waals surface area contributed by atoms with Crippen molar-refractivity contribution < 1.29 is 27.1 Å². The minimum Gasteiger partial charge on any atom is -0.493 e. The Morgan fingerprint density at radius 3 is 2.60 bits per heavy atom. The number of nitrogens with zero attached hydrogens (tertiary/aromatic N) is 3. The molecule has 3 heterocycles. The average molecular weight is 565 g/mol. The number of hydrogen-bond donors (Lipinski definition) is 1. The monoisotopic (exact) mass is 564 g/mol. The highest BCUT2D eigenvalue weighted by Gasteiger charge is 2.23. The molecule has 0 aliphatic rings. The van der Waals surface area contributed by atoms with Gasteiger partial charge < -0.3 is 9.47 Å². The molecule has 0 saturated heterocycles. The van der Waals surface area contributed by atoms with Crippen molar-refractivity contribution >= 4 is 15.9 Å². The fraction of sp³-hybridized carbons (Fsp3) is 0.241. The second-order valence-corrected chi connectivity index (χ2v) is 11.0. The molecule has 1 amide bonds. The fourth-order valence-electron chi connectivity index (χ4n) is 3.67. The Hall–Kier alpha value is -4.38. The highest BCUT2D eigenvalue weighted by atomic mass is 32.2. The van der Waals surface area contributed by atoms with E-state index in [1.54, 1.807) is 24.5 Å².